The van der Waals surface area contributed by atoms with Gasteiger partial charge in [0.1, 0.15) is 36.4 Å². The van der Waals surface area contributed by atoms with Crippen LogP contribution in [-0.4, -0.2) is 67.1 Å². The van der Waals surface area contributed by atoms with Gasteiger partial charge in [0.15, 0.2) is 11.6 Å². The summed E-state index contributed by atoms with van der Waals surface area (Å²) in [6.45, 7) is 0.503. The van der Waals surface area contributed by atoms with E-state index < -0.39 is 47.8 Å². The first kappa shape index (κ1) is 24.5. The molecule has 5 rings (SSSR count). The average Bonchev–Trinajstić information content (AvgIpc) is 3.42. The van der Waals surface area contributed by atoms with Crippen LogP contribution in [0.15, 0.2) is 36.7 Å². The molecule has 3 aromatic rings. The summed E-state index contributed by atoms with van der Waals surface area (Å²) in [6, 6.07) is 4.77. The second kappa shape index (κ2) is 9.01. The number of aliphatic hydroxyl groups excluding tert-OH is 1. The van der Waals surface area contributed by atoms with Crippen molar-refractivity contribution in [2.24, 2.45) is 0 Å². The first-order chi connectivity index (χ1) is 17.1. The van der Waals surface area contributed by atoms with Crippen molar-refractivity contribution in [2.75, 3.05) is 6.54 Å². The van der Waals surface area contributed by atoms with Crippen molar-refractivity contribution in [2.45, 2.75) is 56.5 Å². The molecule has 0 bridgehead atoms. The number of likely N-dealkylation sites (tertiary alicyclic amines) is 1. The highest BCUT2D eigenvalue weighted by atomic mass is 35.5. The number of Topliss-reactive ketones (excluding diaryl/α,β-unsaturated/α-hetero) is 2. The van der Waals surface area contributed by atoms with Gasteiger partial charge in [-0.05, 0) is 30.5 Å². The van der Waals surface area contributed by atoms with Crippen molar-refractivity contribution >= 4 is 40.0 Å². The van der Waals surface area contributed by atoms with Gasteiger partial charge in [-0.3, -0.25) is 24.0 Å². The summed E-state index contributed by atoms with van der Waals surface area (Å²) in [6.07, 6.45) is 0.342. The fraction of sp³-hybridized carbons (Fsp3) is 0.400. The van der Waals surface area contributed by atoms with Gasteiger partial charge in [-0.2, -0.15) is 5.10 Å². The molecule has 3 heterocycles. The molecule has 188 valence electrons. The van der Waals surface area contributed by atoms with Crippen LogP contribution >= 0.6 is 11.6 Å². The largest absolute Gasteiger partial charge is 0.387 e. The number of aliphatic hydroxyl groups is 1. The number of alkyl halides is 1. The Morgan fingerprint density at radius 2 is 2.00 bits per heavy atom. The minimum atomic E-state index is -1.82. The quantitative estimate of drug-likeness (QED) is 0.484. The van der Waals surface area contributed by atoms with Crippen molar-refractivity contribution < 1.29 is 28.3 Å². The Balaban J connectivity index is 1.40. The number of hydrogen-bond donors (Lipinski definition) is 1. The molecule has 1 saturated carbocycles. The summed E-state index contributed by atoms with van der Waals surface area (Å²) in [4.78, 5) is 43.6. The molecule has 1 aromatic carbocycles. The van der Waals surface area contributed by atoms with Gasteiger partial charge in [0.25, 0.3) is 0 Å². The molecule has 2 aliphatic rings. The van der Waals surface area contributed by atoms with E-state index in [2.05, 4.69) is 10.1 Å². The third-order valence-electron chi connectivity index (χ3n) is 7.11. The molecular formula is C25H23ClF2N4O4. The van der Waals surface area contributed by atoms with Crippen LogP contribution in [-0.2, 0) is 21.5 Å². The summed E-state index contributed by atoms with van der Waals surface area (Å²) < 4.78 is 30.5. The van der Waals surface area contributed by atoms with E-state index in [9.17, 15) is 28.3 Å². The summed E-state index contributed by atoms with van der Waals surface area (Å²) in [7, 11) is 0. The second-order valence-corrected chi connectivity index (χ2v) is 9.88. The lowest BCUT2D eigenvalue weighted by Gasteiger charge is -2.27. The summed E-state index contributed by atoms with van der Waals surface area (Å²) >= 11 is 5.92. The van der Waals surface area contributed by atoms with Gasteiger partial charge in [-0.1, -0.05) is 23.7 Å². The number of fused-ring (bicyclic) bond motifs is 1. The highest BCUT2D eigenvalue weighted by Crippen LogP contribution is 2.53. The molecule has 3 atom stereocenters. The molecule has 1 aliphatic heterocycles. The van der Waals surface area contributed by atoms with E-state index in [0.29, 0.717) is 29.3 Å². The molecule has 8 nitrogen and oxygen atoms in total. The Morgan fingerprint density at radius 3 is 2.69 bits per heavy atom. The molecule has 1 N–H and O–H groups in total. The van der Waals surface area contributed by atoms with Crippen LogP contribution in [0.25, 0.3) is 10.9 Å². The van der Waals surface area contributed by atoms with Crippen LogP contribution in [0.4, 0.5) is 8.78 Å². The summed E-state index contributed by atoms with van der Waals surface area (Å²) in [5.41, 5.74) is 0.105. The Hall–Kier alpha value is -3.24. The molecule has 1 saturated heterocycles. The normalized spacial score (nSPS) is 22.7. The minimum absolute atomic E-state index is 0.0568. The number of amides is 1. The van der Waals surface area contributed by atoms with E-state index in [0.717, 1.165) is 4.90 Å². The van der Waals surface area contributed by atoms with Gasteiger partial charge in [0.05, 0.1) is 23.3 Å². The van der Waals surface area contributed by atoms with Gasteiger partial charge in [-0.15, -0.1) is 0 Å². The van der Waals surface area contributed by atoms with E-state index in [1.165, 1.54) is 30.1 Å². The number of ketones is 2. The molecule has 1 aliphatic carbocycles. The second-order valence-electron chi connectivity index (χ2n) is 9.48. The highest BCUT2D eigenvalue weighted by Gasteiger charge is 2.53. The summed E-state index contributed by atoms with van der Waals surface area (Å²) in [5, 5.41) is 15.2. The lowest BCUT2D eigenvalue weighted by Crippen LogP contribution is -2.47. The molecule has 11 heteroatoms. The zero-order chi connectivity index (χ0) is 25.8. The third-order valence-corrected chi connectivity index (χ3v) is 7.40. The van der Waals surface area contributed by atoms with E-state index in [1.54, 1.807) is 18.2 Å². The molecular weight excluding hydrogens is 494 g/mol. The van der Waals surface area contributed by atoms with Gasteiger partial charge in [-0.25, -0.2) is 8.78 Å². The highest BCUT2D eigenvalue weighted by molar-refractivity contribution is 6.30. The number of carbonyl (C=O) groups is 3. The van der Waals surface area contributed by atoms with Crippen LogP contribution in [0, 0.1) is 5.82 Å². The van der Waals surface area contributed by atoms with Crippen molar-refractivity contribution in [3.63, 3.8) is 0 Å². The number of nitrogens with zero attached hydrogens (tertiary/aromatic N) is 4. The van der Waals surface area contributed by atoms with E-state index >= 15 is 0 Å². The number of benzene rings is 1. The van der Waals surface area contributed by atoms with E-state index in [1.807, 2.05) is 0 Å². The fourth-order valence-corrected chi connectivity index (χ4v) is 5.25. The van der Waals surface area contributed by atoms with Crippen molar-refractivity contribution in [3.05, 3.63) is 58.8 Å². The Kier molecular flexibility index (Phi) is 6.12. The summed E-state index contributed by atoms with van der Waals surface area (Å²) in [5.74, 6) is -2.10. The average molecular weight is 517 g/mol. The Bertz CT molecular complexity index is 1390. The lowest BCUT2D eigenvalue weighted by atomic mass is 9.87. The van der Waals surface area contributed by atoms with Gasteiger partial charge < -0.3 is 10.0 Å². The predicted molar refractivity (Wildman–Crippen MR) is 126 cm³/mol. The lowest BCUT2D eigenvalue weighted by molar-refractivity contribution is -0.140. The maximum absolute atomic E-state index is 14.7. The minimum Gasteiger partial charge on any atom is -0.387 e. The van der Waals surface area contributed by atoms with Crippen LogP contribution in [0.3, 0.4) is 0 Å². The monoisotopic (exact) mass is 516 g/mol. The predicted octanol–water partition coefficient (Wildman–Crippen LogP) is 3.03. The number of carbonyl (C=O) groups excluding carboxylic acids is 3. The van der Waals surface area contributed by atoms with Crippen molar-refractivity contribution in [3.8, 4) is 0 Å². The number of hydrogen-bond acceptors (Lipinski definition) is 6. The number of pyridine rings is 1. The van der Waals surface area contributed by atoms with E-state index in [4.69, 9.17) is 11.6 Å². The number of aromatic nitrogens is 3. The molecule has 36 heavy (non-hydrogen) atoms. The van der Waals surface area contributed by atoms with E-state index in [-0.39, 0.29) is 29.5 Å². The molecule has 2 aromatic heterocycles. The Morgan fingerprint density at radius 1 is 1.25 bits per heavy atom. The molecule has 0 radical (unpaired) electrons. The van der Waals surface area contributed by atoms with Crippen molar-refractivity contribution in [1.82, 2.24) is 19.7 Å². The molecule has 0 spiro atoms. The van der Waals surface area contributed by atoms with Crippen LogP contribution in [0.2, 0.25) is 5.02 Å². The van der Waals surface area contributed by atoms with Crippen LogP contribution in [0.1, 0.15) is 42.2 Å². The standard InChI is InChI=1S/C25H23ClF2N4O4/c1-13(33)22-14-5-8-29-10-18(14)32(30-22)12-20(35)31-11-17(27)24(36)23(31)19(34)9-25(6-7-25)15-3-2-4-16(26)21(15)28/h2-5,8,10,17,23-24,36H,6-7,9,11-12H2,1H3/t17-,23+,24+/m0/s1. The van der Waals surface area contributed by atoms with Crippen molar-refractivity contribution in [1.29, 1.82) is 0 Å². The number of rotatable bonds is 7. The third kappa shape index (κ3) is 4.08. The van der Waals surface area contributed by atoms with Crippen LogP contribution < -0.4 is 0 Å². The van der Waals surface area contributed by atoms with Gasteiger partial charge >= 0.3 is 0 Å². The zero-order valence-electron chi connectivity index (χ0n) is 19.3. The Labute approximate surface area is 209 Å². The molecule has 0 unspecified atom stereocenters. The molecule has 1 amide bonds. The first-order valence-electron chi connectivity index (χ1n) is 11.5. The maximum atomic E-state index is 14.7. The van der Waals surface area contributed by atoms with Gasteiger partial charge in [0, 0.05) is 30.3 Å². The first-order valence-corrected chi connectivity index (χ1v) is 11.9. The number of halogens is 3. The zero-order valence-corrected chi connectivity index (χ0v) is 20.1. The fourth-order valence-electron chi connectivity index (χ4n) is 5.08. The van der Waals surface area contributed by atoms with Gasteiger partial charge in [0.2, 0.25) is 5.91 Å². The SMILES string of the molecule is CC(=O)c1nn(CC(=O)N2C[C@H](F)[C@@H](O)[C@H]2C(=O)CC2(c3cccc(Cl)c3F)CC2)c2cnccc12. The molecule has 2 fully saturated rings. The smallest absolute Gasteiger partial charge is 0.245 e. The topological polar surface area (TPSA) is 105 Å². The maximum Gasteiger partial charge on any atom is 0.245 e. The van der Waals surface area contributed by atoms with Crippen LogP contribution in [0.5, 0.6) is 0 Å².